The van der Waals surface area contributed by atoms with Crippen LogP contribution in [0, 0.1) is 0 Å². The molecule has 0 aromatic rings. The first-order valence-corrected chi connectivity index (χ1v) is 2.21. The average molecular weight is 118 g/mol. The van der Waals surface area contributed by atoms with Gasteiger partial charge in [0.15, 0.2) is 0 Å². The molecular weight excluding hydrogens is 112 g/mol. The summed E-state index contributed by atoms with van der Waals surface area (Å²) < 4.78 is 1.49. The standard InChI is InChI=1S/C2H6N4S/c3-5-1-4-2-6(5)7/h1,7H,2-3H2. The van der Waals surface area contributed by atoms with Crippen LogP contribution in [0.4, 0.5) is 0 Å². The van der Waals surface area contributed by atoms with Gasteiger partial charge in [0.05, 0.1) is 0 Å². The van der Waals surface area contributed by atoms with E-state index in [0.29, 0.717) is 6.67 Å². The van der Waals surface area contributed by atoms with E-state index in [-0.39, 0.29) is 0 Å². The van der Waals surface area contributed by atoms with Crippen molar-refractivity contribution in [2.75, 3.05) is 6.67 Å². The number of aliphatic imine (C=N–C) groups is 1. The molecule has 0 fully saturated rings. The van der Waals surface area contributed by atoms with Gasteiger partial charge in [0.2, 0.25) is 0 Å². The smallest absolute Gasteiger partial charge is 0.123 e. The van der Waals surface area contributed by atoms with Gasteiger partial charge in [0, 0.05) is 0 Å². The Morgan fingerprint density at radius 1 is 1.86 bits per heavy atom. The van der Waals surface area contributed by atoms with Crippen LogP contribution in [0.1, 0.15) is 0 Å². The Kier molecular flexibility index (Phi) is 1.18. The summed E-state index contributed by atoms with van der Waals surface area (Å²) in [6.45, 7) is 0.541. The second kappa shape index (κ2) is 1.69. The number of hydrogen-bond donors (Lipinski definition) is 2. The molecule has 0 aromatic heterocycles. The molecule has 0 bridgehead atoms. The Morgan fingerprint density at radius 2 is 2.57 bits per heavy atom. The normalized spacial score (nSPS) is 21.7. The lowest BCUT2D eigenvalue weighted by Crippen LogP contribution is -2.35. The quantitative estimate of drug-likeness (QED) is 0.324. The van der Waals surface area contributed by atoms with Crippen molar-refractivity contribution in [2.45, 2.75) is 0 Å². The highest BCUT2D eigenvalue weighted by atomic mass is 32.1. The minimum absolute atomic E-state index is 0.541. The van der Waals surface area contributed by atoms with Crippen LogP contribution in [-0.2, 0) is 0 Å². The zero-order valence-corrected chi connectivity index (χ0v) is 4.55. The highest BCUT2D eigenvalue weighted by Crippen LogP contribution is 1.98. The van der Waals surface area contributed by atoms with Crippen LogP contribution in [-0.4, -0.2) is 22.5 Å². The topological polar surface area (TPSA) is 44.9 Å². The molecule has 0 aliphatic carbocycles. The van der Waals surface area contributed by atoms with E-state index in [0.717, 1.165) is 0 Å². The maximum atomic E-state index is 5.21. The van der Waals surface area contributed by atoms with E-state index < -0.39 is 0 Å². The molecule has 4 nitrogen and oxygen atoms in total. The van der Waals surface area contributed by atoms with Gasteiger partial charge in [-0.15, -0.1) is 4.41 Å². The first-order chi connectivity index (χ1) is 3.30. The molecule has 0 saturated carbocycles. The van der Waals surface area contributed by atoms with Gasteiger partial charge >= 0.3 is 0 Å². The van der Waals surface area contributed by atoms with Crippen molar-refractivity contribution < 1.29 is 0 Å². The molecule has 7 heavy (non-hydrogen) atoms. The summed E-state index contributed by atoms with van der Waals surface area (Å²) in [5, 5.41) is 1.31. The number of hydrazine groups is 2. The van der Waals surface area contributed by atoms with Gasteiger partial charge in [-0.3, -0.25) is 4.99 Å². The van der Waals surface area contributed by atoms with E-state index in [2.05, 4.69) is 17.8 Å². The predicted molar refractivity (Wildman–Crippen MR) is 30.2 cm³/mol. The Morgan fingerprint density at radius 3 is 2.71 bits per heavy atom. The van der Waals surface area contributed by atoms with Gasteiger partial charge < -0.3 is 0 Å². The monoisotopic (exact) mass is 118 g/mol. The SMILES string of the molecule is NN1C=NCN1S. The lowest BCUT2D eigenvalue weighted by Gasteiger charge is -2.13. The first-order valence-electron chi connectivity index (χ1n) is 1.81. The summed E-state index contributed by atoms with van der Waals surface area (Å²) >= 11 is 3.90. The summed E-state index contributed by atoms with van der Waals surface area (Å²) in [5.74, 6) is 5.21. The molecule has 1 aliphatic heterocycles. The highest BCUT2D eigenvalue weighted by molar-refractivity contribution is 7.77. The van der Waals surface area contributed by atoms with Crippen molar-refractivity contribution in [1.82, 2.24) is 9.53 Å². The van der Waals surface area contributed by atoms with E-state index in [1.165, 1.54) is 15.9 Å². The van der Waals surface area contributed by atoms with Crippen molar-refractivity contribution in [1.29, 1.82) is 0 Å². The third-order valence-electron chi connectivity index (χ3n) is 0.675. The van der Waals surface area contributed by atoms with Gasteiger partial charge in [-0.05, 0) is 0 Å². The molecule has 0 amide bonds. The van der Waals surface area contributed by atoms with E-state index in [1.54, 1.807) is 0 Å². The molecule has 1 aliphatic rings. The van der Waals surface area contributed by atoms with Crippen molar-refractivity contribution in [3.05, 3.63) is 0 Å². The number of rotatable bonds is 0. The van der Waals surface area contributed by atoms with Crippen LogP contribution in [0.5, 0.6) is 0 Å². The lowest BCUT2D eigenvalue weighted by molar-refractivity contribution is 0.209. The minimum atomic E-state index is 0.541. The number of thiol groups is 1. The molecule has 0 spiro atoms. The molecule has 0 saturated heterocycles. The summed E-state index contributed by atoms with van der Waals surface area (Å²) in [7, 11) is 0. The third kappa shape index (κ3) is 0.846. The molecular formula is C2H6N4S. The van der Waals surface area contributed by atoms with Crippen molar-refractivity contribution in [2.24, 2.45) is 10.8 Å². The number of nitrogens with zero attached hydrogens (tertiary/aromatic N) is 3. The first kappa shape index (κ1) is 4.89. The summed E-state index contributed by atoms with van der Waals surface area (Å²) in [4.78, 5) is 3.77. The Bertz CT molecular complexity index is 91.7. The zero-order chi connectivity index (χ0) is 5.28. The van der Waals surface area contributed by atoms with E-state index in [1.807, 2.05) is 0 Å². The van der Waals surface area contributed by atoms with Crippen LogP contribution >= 0.6 is 12.8 Å². The maximum Gasteiger partial charge on any atom is 0.123 e. The van der Waals surface area contributed by atoms with Crippen molar-refractivity contribution in [3.63, 3.8) is 0 Å². The average Bonchev–Trinajstić information content (AvgIpc) is 1.91. The van der Waals surface area contributed by atoms with Gasteiger partial charge in [0.1, 0.15) is 13.0 Å². The molecule has 0 unspecified atom stereocenters. The van der Waals surface area contributed by atoms with Crippen LogP contribution in [0.15, 0.2) is 4.99 Å². The van der Waals surface area contributed by atoms with Crippen LogP contribution in [0.2, 0.25) is 0 Å². The minimum Gasteiger partial charge on any atom is -0.254 e. The van der Waals surface area contributed by atoms with Gasteiger partial charge in [-0.2, -0.15) is 0 Å². The third-order valence-corrected chi connectivity index (χ3v) is 1.01. The fraction of sp³-hybridized carbons (Fsp3) is 0.500. The second-order valence-corrected chi connectivity index (χ2v) is 1.65. The molecule has 5 heteroatoms. The molecule has 0 atom stereocenters. The number of nitrogens with two attached hydrogens (primary N) is 1. The molecule has 0 aromatic carbocycles. The second-order valence-electron chi connectivity index (χ2n) is 1.19. The Hall–Kier alpha value is -0.260. The summed E-state index contributed by atoms with van der Waals surface area (Å²) in [6, 6.07) is 0. The summed E-state index contributed by atoms with van der Waals surface area (Å²) in [6.07, 6.45) is 1.51. The Labute approximate surface area is 47.1 Å². The largest absolute Gasteiger partial charge is 0.254 e. The van der Waals surface area contributed by atoms with Crippen molar-refractivity contribution in [3.8, 4) is 0 Å². The fourth-order valence-electron chi connectivity index (χ4n) is 0.326. The highest BCUT2D eigenvalue weighted by Gasteiger charge is 2.06. The predicted octanol–water partition coefficient (Wildman–Crippen LogP) is -0.777. The molecule has 40 valence electrons. The maximum absolute atomic E-state index is 5.21. The van der Waals surface area contributed by atoms with Crippen molar-refractivity contribution >= 4 is 19.2 Å². The Balaban J connectivity index is 2.45. The van der Waals surface area contributed by atoms with Crippen LogP contribution < -0.4 is 5.84 Å². The van der Waals surface area contributed by atoms with Gasteiger partial charge in [-0.1, -0.05) is 12.8 Å². The van der Waals surface area contributed by atoms with E-state index in [4.69, 9.17) is 5.84 Å². The molecule has 1 rings (SSSR count). The van der Waals surface area contributed by atoms with Crippen LogP contribution in [0.3, 0.4) is 0 Å². The summed E-state index contributed by atoms with van der Waals surface area (Å²) in [5.41, 5.74) is 0. The lowest BCUT2D eigenvalue weighted by atomic mass is 11.2. The van der Waals surface area contributed by atoms with Gasteiger partial charge in [-0.25, -0.2) is 11.0 Å². The molecule has 0 radical (unpaired) electrons. The zero-order valence-electron chi connectivity index (χ0n) is 3.65. The van der Waals surface area contributed by atoms with E-state index >= 15 is 0 Å². The van der Waals surface area contributed by atoms with Crippen LogP contribution in [0.25, 0.3) is 0 Å². The van der Waals surface area contributed by atoms with Gasteiger partial charge in [0.25, 0.3) is 0 Å². The molecule has 1 heterocycles. The fourth-order valence-corrected chi connectivity index (χ4v) is 0.445. The number of hydrogen-bond acceptors (Lipinski definition) is 5. The molecule has 2 N–H and O–H groups in total. The van der Waals surface area contributed by atoms with E-state index in [9.17, 15) is 0 Å².